The number of aliphatic hydroxyl groups excluding tert-OH is 1. The minimum Gasteiger partial charge on any atom is -0.392 e. The molecule has 0 spiro atoms. The molecule has 2 atom stereocenters. The molecule has 0 bridgehead atoms. The first-order valence-corrected chi connectivity index (χ1v) is 6.98. The van der Waals surface area contributed by atoms with Gasteiger partial charge >= 0.3 is 0 Å². The zero-order valence-electron chi connectivity index (χ0n) is 10.3. The zero-order chi connectivity index (χ0) is 11.7. The molecule has 0 aliphatic heterocycles. The third kappa shape index (κ3) is 2.11. The highest BCUT2D eigenvalue weighted by Crippen LogP contribution is 2.39. The van der Waals surface area contributed by atoms with Crippen molar-refractivity contribution in [2.24, 2.45) is 5.92 Å². The molecule has 1 aromatic rings. The fraction of sp³-hybridized carbons (Fsp3) is 0.667. The van der Waals surface area contributed by atoms with Crippen molar-refractivity contribution in [3.63, 3.8) is 0 Å². The van der Waals surface area contributed by atoms with Gasteiger partial charge in [0.1, 0.15) is 0 Å². The lowest BCUT2D eigenvalue weighted by Crippen LogP contribution is -2.29. The Morgan fingerprint density at radius 2 is 2.00 bits per heavy atom. The van der Waals surface area contributed by atoms with Crippen LogP contribution in [0.25, 0.3) is 0 Å². The average Bonchev–Trinajstić information content (AvgIpc) is 2.91. The average molecular weight is 231 g/mol. The third-order valence-corrected chi connectivity index (χ3v) is 4.53. The number of aryl methyl sites for hydroxylation is 1. The van der Waals surface area contributed by atoms with Gasteiger partial charge in [-0.15, -0.1) is 0 Å². The topological polar surface area (TPSA) is 33.1 Å². The summed E-state index contributed by atoms with van der Waals surface area (Å²) in [6.07, 6.45) is 10.2. The fourth-order valence-electron chi connectivity index (χ4n) is 3.61. The zero-order valence-corrected chi connectivity index (χ0v) is 10.3. The van der Waals surface area contributed by atoms with Crippen LogP contribution >= 0.6 is 0 Å². The van der Waals surface area contributed by atoms with Gasteiger partial charge in [-0.05, 0) is 49.7 Å². The van der Waals surface area contributed by atoms with Crippen LogP contribution in [-0.2, 0) is 6.42 Å². The van der Waals surface area contributed by atoms with Gasteiger partial charge in [0.2, 0.25) is 0 Å². The van der Waals surface area contributed by atoms with Gasteiger partial charge in [0.05, 0.1) is 6.10 Å². The third-order valence-electron chi connectivity index (χ3n) is 4.53. The summed E-state index contributed by atoms with van der Waals surface area (Å²) in [7, 11) is 0. The molecule has 0 aromatic carbocycles. The van der Waals surface area contributed by atoms with Crippen LogP contribution in [0.5, 0.6) is 0 Å². The maximum atomic E-state index is 10.6. The Kier molecular flexibility index (Phi) is 3.15. The first-order chi connectivity index (χ1) is 8.36. The molecule has 0 saturated heterocycles. The number of rotatable bonds is 2. The summed E-state index contributed by atoms with van der Waals surface area (Å²) in [5, 5.41) is 10.6. The van der Waals surface area contributed by atoms with Crippen LogP contribution in [0.2, 0.25) is 0 Å². The van der Waals surface area contributed by atoms with E-state index in [2.05, 4.69) is 11.1 Å². The Bertz CT molecular complexity index is 384. The summed E-state index contributed by atoms with van der Waals surface area (Å²) in [6, 6.07) is 4.19. The molecular weight excluding hydrogens is 210 g/mol. The van der Waals surface area contributed by atoms with Crippen LogP contribution in [0.3, 0.4) is 0 Å². The standard InChI is InChI=1S/C15H21NO/c17-15(12-5-1-2-6-12)13-9-3-7-11-8-4-10-16-14(11)13/h4,8,10,12-13,15,17H,1-3,5-7,9H2. The molecular formula is C15H21NO. The van der Waals surface area contributed by atoms with Gasteiger partial charge in [-0.2, -0.15) is 0 Å². The SMILES string of the molecule is OC(C1CCCC1)C1CCCc2cccnc21. The van der Waals surface area contributed by atoms with E-state index in [0.29, 0.717) is 11.8 Å². The van der Waals surface area contributed by atoms with Crippen LogP contribution in [0.4, 0.5) is 0 Å². The van der Waals surface area contributed by atoms with Crippen molar-refractivity contribution < 1.29 is 5.11 Å². The van der Waals surface area contributed by atoms with E-state index in [9.17, 15) is 5.11 Å². The molecule has 0 radical (unpaired) electrons. The summed E-state index contributed by atoms with van der Waals surface area (Å²) < 4.78 is 0. The lowest BCUT2D eigenvalue weighted by molar-refractivity contribution is 0.0749. The van der Waals surface area contributed by atoms with Crippen LogP contribution in [0.1, 0.15) is 55.7 Å². The van der Waals surface area contributed by atoms with Crippen molar-refractivity contribution in [2.75, 3.05) is 0 Å². The second-order valence-corrected chi connectivity index (χ2v) is 5.58. The van der Waals surface area contributed by atoms with Gasteiger partial charge in [-0.3, -0.25) is 4.98 Å². The van der Waals surface area contributed by atoms with Gasteiger partial charge < -0.3 is 5.11 Å². The monoisotopic (exact) mass is 231 g/mol. The Balaban J connectivity index is 1.84. The molecule has 92 valence electrons. The van der Waals surface area contributed by atoms with Gasteiger partial charge in [0.15, 0.2) is 0 Å². The Hall–Kier alpha value is -0.890. The van der Waals surface area contributed by atoms with E-state index < -0.39 is 0 Å². The lowest BCUT2D eigenvalue weighted by Gasteiger charge is -2.31. The van der Waals surface area contributed by atoms with Crippen molar-refractivity contribution in [2.45, 2.75) is 57.0 Å². The molecule has 1 heterocycles. The number of hydrogen-bond donors (Lipinski definition) is 1. The van der Waals surface area contributed by atoms with E-state index >= 15 is 0 Å². The number of pyridine rings is 1. The number of aliphatic hydroxyl groups is 1. The molecule has 2 nitrogen and oxygen atoms in total. The van der Waals surface area contributed by atoms with Crippen molar-refractivity contribution in [1.82, 2.24) is 4.98 Å². The highest BCUT2D eigenvalue weighted by atomic mass is 16.3. The maximum Gasteiger partial charge on any atom is 0.0652 e. The largest absolute Gasteiger partial charge is 0.392 e. The Morgan fingerprint density at radius 3 is 2.82 bits per heavy atom. The fourth-order valence-corrected chi connectivity index (χ4v) is 3.61. The molecule has 2 aliphatic carbocycles. The summed E-state index contributed by atoms with van der Waals surface area (Å²) in [6.45, 7) is 0. The molecule has 3 rings (SSSR count). The molecule has 1 fully saturated rings. The van der Waals surface area contributed by atoms with E-state index in [4.69, 9.17) is 0 Å². The van der Waals surface area contributed by atoms with Gasteiger partial charge in [-0.1, -0.05) is 18.9 Å². The van der Waals surface area contributed by atoms with Crippen molar-refractivity contribution in [3.8, 4) is 0 Å². The van der Waals surface area contributed by atoms with Crippen molar-refractivity contribution >= 4 is 0 Å². The first kappa shape index (κ1) is 11.2. The molecule has 0 amide bonds. The smallest absolute Gasteiger partial charge is 0.0652 e. The number of hydrogen-bond acceptors (Lipinski definition) is 2. The highest BCUT2D eigenvalue weighted by molar-refractivity contribution is 5.27. The molecule has 2 unspecified atom stereocenters. The van der Waals surface area contributed by atoms with Crippen LogP contribution in [-0.4, -0.2) is 16.2 Å². The minimum atomic E-state index is -0.161. The second-order valence-electron chi connectivity index (χ2n) is 5.58. The molecule has 17 heavy (non-hydrogen) atoms. The molecule has 1 N–H and O–H groups in total. The predicted octanol–water partition coefficient (Wildman–Crippen LogP) is 3.05. The summed E-state index contributed by atoms with van der Waals surface area (Å²) in [5.74, 6) is 0.816. The minimum absolute atomic E-state index is 0.161. The van der Waals surface area contributed by atoms with Gasteiger partial charge in [0.25, 0.3) is 0 Å². The normalized spacial score (nSPS) is 26.8. The molecule has 2 heteroatoms. The van der Waals surface area contributed by atoms with Crippen molar-refractivity contribution in [1.29, 1.82) is 0 Å². The molecule has 2 aliphatic rings. The van der Waals surface area contributed by atoms with E-state index in [0.717, 1.165) is 12.8 Å². The van der Waals surface area contributed by atoms with Crippen LogP contribution in [0, 0.1) is 5.92 Å². The summed E-state index contributed by atoms with van der Waals surface area (Å²) in [5.41, 5.74) is 2.54. The van der Waals surface area contributed by atoms with E-state index in [1.807, 2.05) is 12.3 Å². The highest BCUT2D eigenvalue weighted by Gasteiger charge is 2.33. The lowest BCUT2D eigenvalue weighted by atomic mass is 9.78. The van der Waals surface area contributed by atoms with Gasteiger partial charge in [0, 0.05) is 17.8 Å². The van der Waals surface area contributed by atoms with Crippen LogP contribution in [0.15, 0.2) is 18.3 Å². The van der Waals surface area contributed by atoms with E-state index in [1.165, 1.54) is 43.4 Å². The Labute approximate surface area is 103 Å². The number of fused-ring (bicyclic) bond motifs is 1. The first-order valence-electron chi connectivity index (χ1n) is 6.98. The molecule has 1 saturated carbocycles. The predicted molar refractivity (Wildman–Crippen MR) is 67.9 cm³/mol. The van der Waals surface area contributed by atoms with E-state index in [-0.39, 0.29) is 6.10 Å². The Morgan fingerprint density at radius 1 is 1.18 bits per heavy atom. The van der Waals surface area contributed by atoms with Crippen molar-refractivity contribution in [3.05, 3.63) is 29.6 Å². The molecule has 1 aromatic heterocycles. The summed E-state index contributed by atoms with van der Waals surface area (Å²) >= 11 is 0. The van der Waals surface area contributed by atoms with E-state index in [1.54, 1.807) is 0 Å². The summed E-state index contributed by atoms with van der Waals surface area (Å²) in [4.78, 5) is 4.53. The second kappa shape index (κ2) is 4.77. The number of nitrogens with zero attached hydrogens (tertiary/aromatic N) is 1. The number of aromatic nitrogens is 1. The van der Waals surface area contributed by atoms with Crippen LogP contribution < -0.4 is 0 Å². The maximum absolute atomic E-state index is 10.6. The van der Waals surface area contributed by atoms with Gasteiger partial charge in [-0.25, -0.2) is 0 Å². The quantitative estimate of drug-likeness (QED) is 0.848.